The first-order chi connectivity index (χ1) is 34.9. The zero-order valence-corrected chi connectivity index (χ0v) is 44.9. The summed E-state index contributed by atoms with van der Waals surface area (Å²) in [5, 5.41) is 23.6. The predicted molar refractivity (Wildman–Crippen MR) is 290 cm³/mol. The number of carbonyl (C=O) groups excluding carboxylic acids is 3. The van der Waals surface area contributed by atoms with Gasteiger partial charge in [-0.1, -0.05) is 68.8 Å². The highest BCUT2D eigenvalue weighted by atomic mass is 35.5. The Kier molecular flexibility index (Phi) is 17.2. The Morgan fingerprint density at radius 1 is 0.973 bits per heavy atom. The number of aryl methyl sites for hydroxylation is 1. The molecule has 1 unspecified atom stereocenters. The number of nitrogens with zero attached hydrogens (tertiary/aromatic N) is 8. The summed E-state index contributed by atoms with van der Waals surface area (Å²) in [6.45, 7) is 13.0. The van der Waals surface area contributed by atoms with E-state index in [9.17, 15) is 23.7 Å². The average molecular weight is 1060 g/mol. The maximum Gasteiger partial charge on any atom is 0.246 e. The molecule has 0 radical (unpaired) electrons. The standard InChI is InChI=1S/C52H67ClN12O6S2/c1-33-46(72-32-56-33)35-14-12-34(13-15-35)28-54-49(68)43-27-38(66)30-65(43)50(69)47(52(2,3)4)59-45(67)31-62-22-24-64(25-23-62)36-18-20-63(21-19-36)37-16-17-41(44(26-37)71-6)58-51-55-29-39(53)48(60-51)57-40-10-8-9-11-42(40)61(5)73(7)70/h8-17,26,29,32,36,38,43,47,66H,18-25,27-28,30-31H2,1-7H3,(H,54,68)(H,59,67)(H2,55,57,58,60)/t38-,43-,47-,73?/m1/s1. The van der Waals surface area contributed by atoms with Crippen molar-refractivity contribution in [1.82, 2.24) is 40.3 Å². The van der Waals surface area contributed by atoms with E-state index in [2.05, 4.69) is 57.0 Å². The summed E-state index contributed by atoms with van der Waals surface area (Å²) in [4.78, 5) is 64.5. The number of halogens is 1. The zero-order valence-electron chi connectivity index (χ0n) is 42.6. The third-order valence-corrected chi connectivity index (χ3v) is 16.1. The molecule has 73 heavy (non-hydrogen) atoms. The van der Waals surface area contributed by atoms with E-state index in [1.165, 1.54) is 11.1 Å². The van der Waals surface area contributed by atoms with E-state index in [4.69, 9.17) is 16.3 Å². The van der Waals surface area contributed by atoms with Gasteiger partial charge in [-0.2, -0.15) is 4.98 Å². The molecular weight excluding hydrogens is 988 g/mol. The summed E-state index contributed by atoms with van der Waals surface area (Å²) < 4.78 is 19.7. The number of nitrogens with one attached hydrogen (secondary N) is 4. The normalized spacial score (nSPS) is 18.8. The summed E-state index contributed by atoms with van der Waals surface area (Å²) in [5.74, 6) is 0.391. The quantitative estimate of drug-likeness (QED) is 0.0707. The number of rotatable bonds is 17. The Morgan fingerprint density at radius 2 is 1.70 bits per heavy atom. The van der Waals surface area contributed by atoms with Gasteiger partial charge in [0.05, 0.1) is 59.1 Å². The number of piperazine rings is 1. The topological polar surface area (TPSA) is 201 Å². The van der Waals surface area contributed by atoms with E-state index in [-0.39, 0.29) is 43.8 Å². The van der Waals surface area contributed by atoms with Gasteiger partial charge in [-0.15, -0.1) is 11.3 Å². The monoisotopic (exact) mass is 1050 g/mol. The number of thiazole rings is 1. The fourth-order valence-corrected chi connectivity index (χ4v) is 11.1. The number of aliphatic hydroxyl groups is 1. The van der Waals surface area contributed by atoms with Crippen LogP contribution in [0, 0.1) is 12.3 Å². The molecule has 21 heteroatoms. The molecule has 18 nitrogen and oxygen atoms in total. The van der Waals surface area contributed by atoms with Gasteiger partial charge in [-0.3, -0.25) is 28.5 Å². The molecule has 3 aromatic carbocycles. The molecule has 3 amide bonds. The van der Waals surface area contributed by atoms with Crippen LogP contribution in [0.2, 0.25) is 5.02 Å². The molecule has 3 saturated heterocycles. The number of aliphatic hydroxyl groups excluding tert-OH is 1. The number of likely N-dealkylation sites (tertiary alicyclic amines) is 1. The van der Waals surface area contributed by atoms with E-state index in [0.717, 1.165) is 85.2 Å². The van der Waals surface area contributed by atoms with Gasteiger partial charge >= 0.3 is 0 Å². The molecule has 3 aliphatic rings. The van der Waals surface area contributed by atoms with Crippen LogP contribution < -0.4 is 35.2 Å². The number of amides is 3. The number of hydrogen-bond acceptors (Lipinski definition) is 15. The van der Waals surface area contributed by atoms with Gasteiger partial charge in [-0.25, -0.2) is 14.2 Å². The predicted octanol–water partition coefficient (Wildman–Crippen LogP) is 6.18. The van der Waals surface area contributed by atoms with Crippen molar-refractivity contribution in [3.05, 3.63) is 94.7 Å². The SMILES string of the molecule is COc1cc(N2CCC(N3CCN(CC(=O)N[C@H](C(=O)N4C[C@H](O)C[C@@H]4C(=O)NCc4ccc(-c5scnc5C)cc4)C(C)(C)C)CC3)CC2)ccc1Nc1ncc(Cl)c(Nc2ccccc2N(C)S(C)=O)n1. The number of para-hydroxylation sites is 2. The fraction of sp³-hybridized carbons (Fsp3) is 0.462. The highest BCUT2D eigenvalue weighted by Crippen LogP contribution is 2.36. The number of β-amino-alcohol motifs (C(OH)–C–C–N with tert-alkyl or cyclic N) is 1. The number of carbonyl (C=O) groups is 3. The minimum atomic E-state index is -1.23. The second-order valence-corrected chi connectivity index (χ2v) is 22.6. The van der Waals surface area contributed by atoms with E-state index in [1.807, 2.05) is 93.9 Å². The number of benzene rings is 3. The number of anilines is 6. The largest absolute Gasteiger partial charge is 0.494 e. The summed E-state index contributed by atoms with van der Waals surface area (Å²) in [5.41, 5.74) is 7.28. The molecular formula is C52H67ClN12O6S2. The molecule has 2 aromatic heterocycles. The second-order valence-electron chi connectivity index (χ2n) is 19.9. The van der Waals surface area contributed by atoms with Crippen LogP contribution in [-0.2, 0) is 31.9 Å². The van der Waals surface area contributed by atoms with Crippen LogP contribution in [0.4, 0.5) is 34.5 Å². The van der Waals surface area contributed by atoms with Gasteiger partial charge in [-0.05, 0) is 60.6 Å². The minimum absolute atomic E-state index is 0.0174. The number of piperidine rings is 1. The van der Waals surface area contributed by atoms with Crippen molar-refractivity contribution < 1.29 is 28.4 Å². The second kappa shape index (κ2) is 23.5. The van der Waals surface area contributed by atoms with Crippen LogP contribution in [-0.4, -0.2) is 154 Å². The van der Waals surface area contributed by atoms with Crippen molar-refractivity contribution in [2.24, 2.45) is 5.41 Å². The van der Waals surface area contributed by atoms with Crippen molar-refractivity contribution in [1.29, 1.82) is 0 Å². The first-order valence-electron chi connectivity index (χ1n) is 24.6. The van der Waals surface area contributed by atoms with Crippen LogP contribution in [0.5, 0.6) is 5.75 Å². The molecule has 0 bridgehead atoms. The minimum Gasteiger partial charge on any atom is -0.494 e. The highest BCUT2D eigenvalue weighted by molar-refractivity contribution is 7.85. The maximum absolute atomic E-state index is 14.2. The molecule has 3 aliphatic heterocycles. The Balaban J connectivity index is 0.796. The van der Waals surface area contributed by atoms with Gasteiger partial charge in [0, 0.05) is 89.9 Å². The summed E-state index contributed by atoms with van der Waals surface area (Å²) in [6, 6.07) is 20.1. The van der Waals surface area contributed by atoms with Crippen LogP contribution in [0.25, 0.3) is 10.4 Å². The number of ether oxygens (including phenoxy) is 1. The third kappa shape index (κ3) is 13.1. The molecule has 8 rings (SSSR count). The van der Waals surface area contributed by atoms with Crippen LogP contribution in [0.1, 0.15) is 51.3 Å². The highest BCUT2D eigenvalue weighted by Gasteiger charge is 2.44. The van der Waals surface area contributed by atoms with Crippen molar-refractivity contribution in [2.75, 3.05) is 92.6 Å². The van der Waals surface area contributed by atoms with E-state index in [0.29, 0.717) is 40.0 Å². The number of methoxy groups -OCH3 is 1. The Morgan fingerprint density at radius 3 is 2.37 bits per heavy atom. The van der Waals surface area contributed by atoms with Crippen molar-refractivity contribution in [3.63, 3.8) is 0 Å². The fourth-order valence-electron chi connectivity index (χ4n) is 9.70. The lowest BCUT2D eigenvalue weighted by Gasteiger charge is -2.43. The molecule has 5 heterocycles. The lowest BCUT2D eigenvalue weighted by atomic mass is 9.85. The molecule has 5 N–H and O–H groups in total. The lowest BCUT2D eigenvalue weighted by Crippen LogP contribution is -2.59. The van der Waals surface area contributed by atoms with Crippen LogP contribution in [0.3, 0.4) is 0 Å². The lowest BCUT2D eigenvalue weighted by molar-refractivity contribution is -0.144. The van der Waals surface area contributed by atoms with Gasteiger partial charge in [0.2, 0.25) is 23.7 Å². The Bertz CT molecular complexity index is 2760. The average Bonchev–Trinajstić information content (AvgIpc) is 4.00. The molecule has 0 aliphatic carbocycles. The molecule has 0 saturated carbocycles. The van der Waals surface area contributed by atoms with Crippen molar-refractivity contribution in [3.8, 4) is 16.2 Å². The van der Waals surface area contributed by atoms with Crippen molar-refractivity contribution >= 4 is 86.2 Å². The van der Waals surface area contributed by atoms with E-state index >= 15 is 0 Å². The molecule has 3 fully saturated rings. The zero-order chi connectivity index (χ0) is 52.0. The van der Waals surface area contributed by atoms with Crippen molar-refractivity contribution in [2.45, 2.75) is 77.7 Å². The first kappa shape index (κ1) is 53.4. The number of aromatic nitrogens is 3. The third-order valence-electron chi connectivity index (χ3n) is 13.9. The summed E-state index contributed by atoms with van der Waals surface area (Å²) in [7, 11) is 2.16. The van der Waals surface area contributed by atoms with Crippen LogP contribution in [0.15, 0.2) is 78.4 Å². The molecule has 390 valence electrons. The summed E-state index contributed by atoms with van der Waals surface area (Å²) in [6.07, 6.45) is 4.39. The van der Waals surface area contributed by atoms with Gasteiger partial charge in [0.15, 0.2) is 5.82 Å². The Labute approximate surface area is 439 Å². The molecule has 5 aromatic rings. The maximum atomic E-state index is 14.2. The molecule has 4 atom stereocenters. The van der Waals surface area contributed by atoms with Crippen LogP contribution >= 0.6 is 22.9 Å². The number of hydrogen-bond donors (Lipinski definition) is 5. The smallest absolute Gasteiger partial charge is 0.246 e. The Hall–Kier alpha value is -5.90. The van der Waals surface area contributed by atoms with E-state index in [1.54, 1.807) is 36.1 Å². The van der Waals surface area contributed by atoms with E-state index < -0.39 is 34.6 Å². The molecule has 0 spiro atoms. The summed E-state index contributed by atoms with van der Waals surface area (Å²) >= 11 is 8.11. The first-order valence-corrected chi connectivity index (χ1v) is 27.4. The van der Waals surface area contributed by atoms with Gasteiger partial charge in [0.1, 0.15) is 33.8 Å². The van der Waals surface area contributed by atoms with Gasteiger partial charge < -0.3 is 40.9 Å². The van der Waals surface area contributed by atoms with Gasteiger partial charge in [0.25, 0.3) is 0 Å².